The molecule has 0 amide bonds. The zero-order valence-electron chi connectivity index (χ0n) is 11.6. The van der Waals surface area contributed by atoms with Crippen molar-refractivity contribution >= 4 is 0 Å². The third-order valence-electron chi connectivity index (χ3n) is 2.92. The maximum Gasteiger partial charge on any atom is 0.135 e. The molecule has 0 spiro atoms. The third kappa shape index (κ3) is 3.26. The summed E-state index contributed by atoms with van der Waals surface area (Å²) in [4.78, 5) is 0. The van der Waals surface area contributed by atoms with Gasteiger partial charge in [-0.1, -0.05) is 12.1 Å². The summed E-state index contributed by atoms with van der Waals surface area (Å²) in [6.45, 7) is 4.54. The van der Waals surface area contributed by atoms with Crippen LogP contribution in [0.15, 0.2) is 36.4 Å². The van der Waals surface area contributed by atoms with Gasteiger partial charge in [0.05, 0.1) is 7.11 Å². The minimum absolute atomic E-state index is 0.435. The van der Waals surface area contributed by atoms with Crippen LogP contribution in [0, 0.1) is 13.8 Å². The maximum atomic E-state index is 5.94. The Morgan fingerprint density at radius 2 is 1.63 bits per heavy atom. The molecule has 0 bridgehead atoms. The molecule has 0 radical (unpaired) electrons. The van der Waals surface area contributed by atoms with Crippen LogP contribution < -0.4 is 15.2 Å². The SMILES string of the molecule is COc1ccc(CN)c(Oc2cc(C)cc(C)c2)c1. The normalized spacial score (nSPS) is 10.3. The fourth-order valence-corrected chi connectivity index (χ4v) is 2.04. The summed E-state index contributed by atoms with van der Waals surface area (Å²) in [7, 11) is 1.64. The highest BCUT2D eigenvalue weighted by molar-refractivity contribution is 5.44. The molecule has 2 aromatic rings. The first-order valence-electron chi connectivity index (χ1n) is 6.25. The Hall–Kier alpha value is -2.00. The van der Waals surface area contributed by atoms with Crippen LogP contribution >= 0.6 is 0 Å². The molecule has 0 saturated carbocycles. The molecular weight excluding hydrogens is 238 g/mol. The fourth-order valence-electron chi connectivity index (χ4n) is 2.04. The monoisotopic (exact) mass is 257 g/mol. The maximum absolute atomic E-state index is 5.94. The third-order valence-corrected chi connectivity index (χ3v) is 2.92. The molecule has 0 atom stereocenters. The van der Waals surface area contributed by atoms with Crippen LogP contribution in [0.4, 0.5) is 0 Å². The molecule has 0 aliphatic rings. The minimum Gasteiger partial charge on any atom is -0.497 e. The molecule has 0 aliphatic carbocycles. The molecule has 100 valence electrons. The average Bonchev–Trinajstić information content (AvgIpc) is 2.37. The van der Waals surface area contributed by atoms with E-state index in [1.165, 1.54) is 11.1 Å². The Morgan fingerprint density at radius 3 is 2.21 bits per heavy atom. The van der Waals surface area contributed by atoms with E-state index in [2.05, 4.69) is 19.9 Å². The molecule has 19 heavy (non-hydrogen) atoms. The molecule has 0 heterocycles. The Bertz CT molecular complexity index is 559. The number of hydrogen-bond donors (Lipinski definition) is 1. The lowest BCUT2D eigenvalue weighted by atomic mass is 10.1. The topological polar surface area (TPSA) is 44.5 Å². The number of nitrogens with two attached hydrogens (primary N) is 1. The number of methoxy groups -OCH3 is 1. The molecule has 0 saturated heterocycles. The summed E-state index contributed by atoms with van der Waals surface area (Å²) in [5, 5.41) is 0. The van der Waals surface area contributed by atoms with Gasteiger partial charge in [0.1, 0.15) is 17.2 Å². The van der Waals surface area contributed by atoms with Gasteiger partial charge in [0.15, 0.2) is 0 Å². The molecule has 0 aromatic heterocycles. The predicted molar refractivity (Wildman–Crippen MR) is 76.9 cm³/mol. The number of ether oxygens (including phenoxy) is 2. The van der Waals surface area contributed by atoms with Gasteiger partial charge in [0.25, 0.3) is 0 Å². The Labute approximate surface area is 114 Å². The molecular formula is C16H19NO2. The van der Waals surface area contributed by atoms with Crippen molar-refractivity contribution in [2.45, 2.75) is 20.4 Å². The summed E-state index contributed by atoms with van der Waals surface area (Å²) < 4.78 is 11.2. The zero-order chi connectivity index (χ0) is 13.8. The van der Waals surface area contributed by atoms with Gasteiger partial charge in [0, 0.05) is 18.2 Å². The molecule has 3 nitrogen and oxygen atoms in total. The van der Waals surface area contributed by atoms with E-state index in [1.807, 2.05) is 30.3 Å². The predicted octanol–water partition coefficient (Wildman–Crippen LogP) is 3.56. The van der Waals surface area contributed by atoms with E-state index < -0.39 is 0 Å². The molecule has 3 heteroatoms. The number of hydrogen-bond acceptors (Lipinski definition) is 3. The lowest BCUT2D eigenvalue weighted by Crippen LogP contribution is -2.00. The molecule has 2 rings (SSSR count). The molecule has 0 unspecified atom stereocenters. The first-order valence-corrected chi connectivity index (χ1v) is 6.25. The smallest absolute Gasteiger partial charge is 0.135 e. The van der Waals surface area contributed by atoms with Gasteiger partial charge in [-0.15, -0.1) is 0 Å². The van der Waals surface area contributed by atoms with Crippen molar-refractivity contribution in [2.75, 3.05) is 7.11 Å². The molecule has 0 fully saturated rings. The highest BCUT2D eigenvalue weighted by Gasteiger charge is 2.06. The van der Waals surface area contributed by atoms with Crippen LogP contribution in [0.25, 0.3) is 0 Å². The first-order chi connectivity index (χ1) is 9.12. The zero-order valence-corrected chi connectivity index (χ0v) is 11.6. The van der Waals surface area contributed by atoms with Gasteiger partial charge in [0.2, 0.25) is 0 Å². The standard InChI is InChI=1S/C16H19NO2/c1-11-6-12(2)8-15(7-11)19-16-9-14(18-3)5-4-13(16)10-17/h4-9H,10,17H2,1-3H3. The van der Waals surface area contributed by atoms with E-state index in [0.717, 1.165) is 22.8 Å². The summed E-state index contributed by atoms with van der Waals surface area (Å²) >= 11 is 0. The van der Waals surface area contributed by atoms with Gasteiger partial charge >= 0.3 is 0 Å². The van der Waals surface area contributed by atoms with Gasteiger partial charge in [-0.3, -0.25) is 0 Å². The second-order valence-corrected chi connectivity index (χ2v) is 4.60. The molecule has 2 N–H and O–H groups in total. The second-order valence-electron chi connectivity index (χ2n) is 4.60. The average molecular weight is 257 g/mol. The van der Waals surface area contributed by atoms with E-state index in [0.29, 0.717) is 6.54 Å². The second kappa shape index (κ2) is 5.76. The first kappa shape index (κ1) is 13.4. The van der Waals surface area contributed by atoms with Crippen molar-refractivity contribution < 1.29 is 9.47 Å². The highest BCUT2D eigenvalue weighted by atomic mass is 16.5. The number of rotatable bonds is 4. The Kier molecular flexibility index (Phi) is 4.07. The van der Waals surface area contributed by atoms with E-state index in [-0.39, 0.29) is 0 Å². The minimum atomic E-state index is 0.435. The molecule has 0 aliphatic heterocycles. The van der Waals surface area contributed by atoms with E-state index in [4.69, 9.17) is 15.2 Å². The Balaban J connectivity index is 2.35. The summed E-state index contributed by atoms with van der Waals surface area (Å²) in [5.41, 5.74) is 9.04. The lowest BCUT2D eigenvalue weighted by Gasteiger charge is -2.12. The quantitative estimate of drug-likeness (QED) is 0.910. The van der Waals surface area contributed by atoms with Gasteiger partial charge in [-0.05, 0) is 43.2 Å². The van der Waals surface area contributed by atoms with Crippen LogP contribution in [-0.2, 0) is 6.54 Å². The van der Waals surface area contributed by atoms with Crippen molar-refractivity contribution in [3.63, 3.8) is 0 Å². The van der Waals surface area contributed by atoms with E-state index >= 15 is 0 Å². The van der Waals surface area contributed by atoms with Crippen LogP contribution in [0.5, 0.6) is 17.2 Å². The van der Waals surface area contributed by atoms with Crippen molar-refractivity contribution in [1.29, 1.82) is 0 Å². The van der Waals surface area contributed by atoms with E-state index in [9.17, 15) is 0 Å². The van der Waals surface area contributed by atoms with E-state index in [1.54, 1.807) is 7.11 Å². The van der Waals surface area contributed by atoms with Crippen molar-refractivity contribution in [2.24, 2.45) is 5.73 Å². The van der Waals surface area contributed by atoms with Crippen LogP contribution in [0.2, 0.25) is 0 Å². The fraction of sp³-hybridized carbons (Fsp3) is 0.250. The Morgan fingerprint density at radius 1 is 0.947 bits per heavy atom. The van der Waals surface area contributed by atoms with Gasteiger partial charge < -0.3 is 15.2 Å². The van der Waals surface area contributed by atoms with Crippen molar-refractivity contribution in [3.05, 3.63) is 53.1 Å². The summed E-state index contributed by atoms with van der Waals surface area (Å²) in [5.74, 6) is 2.32. The number of benzene rings is 2. The number of aryl methyl sites for hydroxylation is 2. The van der Waals surface area contributed by atoms with Gasteiger partial charge in [-0.25, -0.2) is 0 Å². The summed E-state index contributed by atoms with van der Waals surface area (Å²) in [6.07, 6.45) is 0. The van der Waals surface area contributed by atoms with Gasteiger partial charge in [-0.2, -0.15) is 0 Å². The largest absolute Gasteiger partial charge is 0.497 e. The van der Waals surface area contributed by atoms with Crippen LogP contribution in [-0.4, -0.2) is 7.11 Å². The highest BCUT2D eigenvalue weighted by Crippen LogP contribution is 2.30. The lowest BCUT2D eigenvalue weighted by molar-refractivity contribution is 0.408. The van der Waals surface area contributed by atoms with Crippen LogP contribution in [0.3, 0.4) is 0 Å². The van der Waals surface area contributed by atoms with Crippen molar-refractivity contribution in [1.82, 2.24) is 0 Å². The van der Waals surface area contributed by atoms with Crippen LogP contribution in [0.1, 0.15) is 16.7 Å². The van der Waals surface area contributed by atoms with Crippen molar-refractivity contribution in [3.8, 4) is 17.2 Å². The summed E-state index contributed by atoms with van der Waals surface area (Å²) in [6, 6.07) is 11.8. The molecule has 2 aromatic carbocycles.